The van der Waals surface area contributed by atoms with E-state index in [9.17, 15) is 9.90 Å². The van der Waals surface area contributed by atoms with Gasteiger partial charge in [0.2, 0.25) is 0 Å². The van der Waals surface area contributed by atoms with Crippen LogP contribution in [0.25, 0.3) is 0 Å². The number of carbonyl (C=O) groups is 1. The fourth-order valence-electron chi connectivity index (χ4n) is 1.26. The van der Waals surface area contributed by atoms with Crippen molar-refractivity contribution < 1.29 is 14.6 Å². The van der Waals surface area contributed by atoms with Crippen LogP contribution in [-0.2, 0) is 15.1 Å². The number of nitrogens with zero attached hydrogens (tertiary/aromatic N) is 1. The number of aromatic nitrogens is 1. The van der Waals surface area contributed by atoms with Gasteiger partial charge < -0.3 is 9.84 Å². The van der Waals surface area contributed by atoms with Crippen molar-refractivity contribution in [1.29, 1.82) is 0 Å². The molecule has 1 rings (SSSR count). The van der Waals surface area contributed by atoms with Crippen LogP contribution in [0, 0.1) is 0 Å². The zero-order valence-electron chi connectivity index (χ0n) is 9.27. The summed E-state index contributed by atoms with van der Waals surface area (Å²) in [6, 6.07) is 0. The monoisotopic (exact) mass is 229 g/mol. The summed E-state index contributed by atoms with van der Waals surface area (Å²) in [5, 5.41) is 9.22. The van der Waals surface area contributed by atoms with Gasteiger partial charge in [-0.15, -0.1) is 11.3 Å². The summed E-state index contributed by atoms with van der Waals surface area (Å²) in [6.07, 6.45) is 1.53. The number of hydrogen-bond donors (Lipinski definition) is 1. The van der Waals surface area contributed by atoms with E-state index in [2.05, 4.69) is 4.98 Å². The largest absolute Gasteiger partial charge is 0.479 e. The first-order valence-corrected chi connectivity index (χ1v) is 5.46. The second-order valence-electron chi connectivity index (χ2n) is 4.42. The molecule has 1 aromatic rings. The molecule has 1 heterocycles. The molecule has 0 radical (unpaired) electrons. The molecular formula is C10H15NO3S. The number of carboxylic acids is 1. The maximum atomic E-state index is 11.3. The molecule has 0 saturated heterocycles. The average Bonchev–Trinajstić information content (AvgIpc) is 2.51. The van der Waals surface area contributed by atoms with Gasteiger partial charge in [0, 0.05) is 6.20 Å². The number of carboxylic acid groups (broad SMARTS) is 1. The lowest BCUT2D eigenvalue weighted by Crippen LogP contribution is -2.41. The Morgan fingerprint density at radius 1 is 1.47 bits per heavy atom. The molecule has 0 spiro atoms. The summed E-state index contributed by atoms with van der Waals surface area (Å²) < 4.78 is 5.60. The van der Waals surface area contributed by atoms with Gasteiger partial charge in [0.15, 0.2) is 5.60 Å². The van der Waals surface area contributed by atoms with E-state index < -0.39 is 17.2 Å². The molecular weight excluding hydrogens is 214 g/mol. The van der Waals surface area contributed by atoms with Crippen LogP contribution in [0.15, 0.2) is 11.7 Å². The molecule has 0 fully saturated rings. The lowest BCUT2D eigenvalue weighted by atomic mass is 10.0. The minimum absolute atomic E-state index is 0.517. The maximum Gasteiger partial charge on any atom is 0.341 e. The van der Waals surface area contributed by atoms with Gasteiger partial charge in [-0.05, 0) is 27.7 Å². The highest BCUT2D eigenvalue weighted by Crippen LogP contribution is 2.32. The Morgan fingerprint density at radius 3 is 2.40 bits per heavy atom. The summed E-state index contributed by atoms with van der Waals surface area (Å²) >= 11 is 1.28. The van der Waals surface area contributed by atoms with Gasteiger partial charge in [0.05, 0.1) is 16.0 Å². The van der Waals surface area contributed by atoms with Crippen molar-refractivity contribution in [2.45, 2.75) is 38.9 Å². The maximum absolute atomic E-state index is 11.3. The summed E-state index contributed by atoms with van der Waals surface area (Å²) in [6.45, 7) is 7.04. The molecule has 0 amide bonds. The lowest BCUT2D eigenvalue weighted by molar-refractivity contribution is -0.182. The van der Waals surface area contributed by atoms with Gasteiger partial charge in [-0.3, -0.25) is 4.98 Å². The van der Waals surface area contributed by atoms with Crippen molar-refractivity contribution in [3.8, 4) is 0 Å². The fraction of sp³-hybridized carbons (Fsp3) is 0.600. The molecule has 1 aromatic heterocycles. The number of rotatable bonds is 3. The van der Waals surface area contributed by atoms with Gasteiger partial charge in [-0.1, -0.05) is 0 Å². The zero-order chi connectivity index (χ0) is 11.7. The highest BCUT2D eigenvalue weighted by atomic mass is 32.1. The smallest absolute Gasteiger partial charge is 0.341 e. The molecule has 1 atom stereocenters. The first-order chi connectivity index (χ1) is 6.76. The van der Waals surface area contributed by atoms with E-state index in [0.29, 0.717) is 4.88 Å². The minimum Gasteiger partial charge on any atom is -0.479 e. The Hall–Kier alpha value is -0.940. The Kier molecular flexibility index (Phi) is 3.16. The van der Waals surface area contributed by atoms with Crippen LogP contribution in [0.1, 0.15) is 32.6 Å². The van der Waals surface area contributed by atoms with Gasteiger partial charge >= 0.3 is 5.97 Å². The first kappa shape index (κ1) is 12.1. The fourth-order valence-corrected chi connectivity index (χ4v) is 1.97. The van der Waals surface area contributed by atoms with E-state index in [4.69, 9.17) is 4.74 Å². The summed E-state index contributed by atoms with van der Waals surface area (Å²) in [4.78, 5) is 15.7. The number of hydrogen-bond acceptors (Lipinski definition) is 4. The van der Waals surface area contributed by atoms with Gasteiger partial charge in [0.25, 0.3) is 0 Å². The Balaban J connectivity index is 3.05. The summed E-state index contributed by atoms with van der Waals surface area (Å²) in [5.41, 5.74) is -0.237. The topological polar surface area (TPSA) is 59.4 Å². The highest BCUT2D eigenvalue weighted by molar-refractivity contribution is 7.09. The first-order valence-electron chi connectivity index (χ1n) is 4.58. The Morgan fingerprint density at radius 2 is 2.07 bits per heavy atom. The standard InChI is InChI=1S/C10H15NO3S/c1-9(2,3)14-10(4,8(12)13)7-5-11-6-15-7/h5-6H,1-4H3,(H,12,13). The van der Waals surface area contributed by atoms with Crippen LogP contribution in [-0.4, -0.2) is 21.7 Å². The third-order valence-electron chi connectivity index (χ3n) is 1.82. The number of ether oxygens (including phenoxy) is 1. The lowest BCUT2D eigenvalue weighted by Gasteiger charge is -2.32. The van der Waals surface area contributed by atoms with Crippen LogP contribution < -0.4 is 0 Å². The molecule has 1 N–H and O–H groups in total. The van der Waals surface area contributed by atoms with Crippen molar-refractivity contribution in [3.63, 3.8) is 0 Å². The van der Waals surface area contributed by atoms with E-state index in [1.165, 1.54) is 17.5 Å². The normalized spacial score (nSPS) is 16.0. The van der Waals surface area contributed by atoms with Crippen molar-refractivity contribution >= 4 is 17.3 Å². The number of aliphatic carboxylic acids is 1. The Labute approximate surface area is 92.9 Å². The second-order valence-corrected chi connectivity index (χ2v) is 5.30. The summed E-state index contributed by atoms with van der Waals surface area (Å²) in [5.74, 6) is -0.998. The Bertz CT molecular complexity index is 342. The minimum atomic E-state index is -1.32. The SMILES string of the molecule is CC(C)(C)OC(C)(C(=O)O)c1cncs1. The predicted octanol–water partition coefficient (Wildman–Crippen LogP) is 2.26. The van der Waals surface area contributed by atoms with Crippen LogP contribution >= 0.6 is 11.3 Å². The summed E-state index contributed by atoms with van der Waals surface area (Å²) in [7, 11) is 0. The van der Waals surface area contributed by atoms with E-state index >= 15 is 0 Å². The molecule has 0 saturated carbocycles. The van der Waals surface area contributed by atoms with Crippen LogP contribution in [0.3, 0.4) is 0 Å². The molecule has 4 nitrogen and oxygen atoms in total. The number of thiazole rings is 1. The predicted molar refractivity (Wildman–Crippen MR) is 57.9 cm³/mol. The van der Waals surface area contributed by atoms with Gasteiger partial charge in [-0.2, -0.15) is 0 Å². The molecule has 0 bridgehead atoms. The second kappa shape index (κ2) is 3.90. The highest BCUT2D eigenvalue weighted by Gasteiger charge is 2.41. The third-order valence-corrected chi connectivity index (χ3v) is 2.80. The zero-order valence-corrected chi connectivity index (χ0v) is 10.1. The molecule has 0 aliphatic carbocycles. The molecule has 1 unspecified atom stereocenters. The average molecular weight is 229 g/mol. The third kappa shape index (κ3) is 2.76. The van der Waals surface area contributed by atoms with Gasteiger partial charge in [-0.25, -0.2) is 4.79 Å². The molecule has 0 aliphatic heterocycles. The van der Waals surface area contributed by atoms with E-state index in [0.717, 1.165) is 0 Å². The molecule has 5 heteroatoms. The van der Waals surface area contributed by atoms with E-state index in [1.807, 2.05) is 20.8 Å². The molecule has 0 aromatic carbocycles. The van der Waals surface area contributed by atoms with Crippen molar-refractivity contribution in [2.75, 3.05) is 0 Å². The van der Waals surface area contributed by atoms with E-state index in [-0.39, 0.29) is 0 Å². The van der Waals surface area contributed by atoms with Crippen molar-refractivity contribution in [1.82, 2.24) is 4.98 Å². The van der Waals surface area contributed by atoms with Crippen molar-refractivity contribution in [2.24, 2.45) is 0 Å². The quantitative estimate of drug-likeness (QED) is 0.863. The molecule has 84 valence electrons. The van der Waals surface area contributed by atoms with Gasteiger partial charge in [0.1, 0.15) is 0 Å². The molecule has 15 heavy (non-hydrogen) atoms. The molecule has 0 aliphatic rings. The van der Waals surface area contributed by atoms with Crippen LogP contribution in [0.4, 0.5) is 0 Å². The van der Waals surface area contributed by atoms with Crippen LogP contribution in [0.5, 0.6) is 0 Å². The van der Waals surface area contributed by atoms with E-state index in [1.54, 1.807) is 12.4 Å². The van der Waals surface area contributed by atoms with Crippen LogP contribution in [0.2, 0.25) is 0 Å². The van der Waals surface area contributed by atoms with Crippen molar-refractivity contribution in [3.05, 3.63) is 16.6 Å².